The van der Waals surface area contributed by atoms with E-state index in [0.29, 0.717) is 18.0 Å². The summed E-state index contributed by atoms with van der Waals surface area (Å²) >= 11 is 0. The molecule has 5 aromatic carbocycles. The molecule has 0 saturated carbocycles. The predicted molar refractivity (Wildman–Crippen MR) is 399 cm³/mol. The highest BCUT2D eigenvalue weighted by Crippen LogP contribution is 2.41. The summed E-state index contributed by atoms with van der Waals surface area (Å²) in [5.74, 6) is -3.78. The van der Waals surface area contributed by atoms with Crippen LogP contribution in [0.2, 0.25) is 0 Å². The lowest BCUT2D eigenvalue weighted by molar-refractivity contribution is -0.384. The molecule has 7 N–H and O–H groups in total. The quantitative estimate of drug-likeness (QED) is 0.00635. The number of carbonyl (C=O) groups excluding carboxylic acids is 6. The normalized spacial score (nSPS) is 14.0. The summed E-state index contributed by atoms with van der Waals surface area (Å²) in [4.78, 5) is 96.8. The second kappa shape index (κ2) is 40.0. The number of carbonyl (C=O) groups is 6. The lowest BCUT2D eigenvalue weighted by Gasteiger charge is -2.26. The maximum Gasteiger partial charge on any atom is 0.338 e. The van der Waals surface area contributed by atoms with E-state index in [9.17, 15) is 82.7 Å². The van der Waals surface area contributed by atoms with Gasteiger partial charge in [0.2, 0.25) is 15.9 Å². The van der Waals surface area contributed by atoms with Crippen LogP contribution >= 0.6 is 0 Å². The van der Waals surface area contributed by atoms with E-state index in [2.05, 4.69) is 75.3 Å². The molecule has 0 spiro atoms. The van der Waals surface area contributed by atoms with Crippen LogP contribution in [-0.4, -0.2) is 233 Å². The summed E-state index contributed by atoms with van der Waals surface area (Å²) in [7, 11) is -2.21. The van der Waals surface area contributed by atoms with Gasteiger partial charge in [0, 0.05) is 67.5 Å². The van der Waals surface area contributed by atoms with Crippen LogP contribution in [0.3, 0.4) is 0 Å². The molecule has 108 heavy (non-hydrogen) atoms. The van der Waals surface area contributed by atoms with E-state index in [1.807, 2.05) is 24.3 Å². The summed E-state index contributed by atoms with van der Waals surface area (Å²) in [5, 5.41) is 42.2. The SMILES string of the molecule is CCCCNc1cc(CN2CCCC2)cc(S(N)(=O)=O)c1Oc1ccccc1.COC(=O)c1cc([N+](=O)[O-])c(N[C@@H](C)C(=O)OC)c(S(=O)(=O)N=CN(C)C)c1.COC(=O)c1cc([N+](=O)[O-])c(N[C@H](C)C(=O)OC)c(S(=O)(=O)N=CN(C)C)c1.COC(=O)c1cc2c(c(S(=O)(=O)N=CN(C)C)c1)N[C@@H](C)C(=O)N2. The number of amides is 1. The number of sulfonamides is 4. The van der Waals surface area contributed by atoms with Gasteiger partial charge < -0.3 is 69.7 Å². The number of fused-ring (bicyclic) bond motifs is 1. The van der Waals surface area contributed by atoms with Crippen molar-refractivity contribution >= 4 is 135 Å². The van der Waals surface area contributed by atoms with Crippen molar-refractivity contribution in [3.8, 4) is 11.5 Å². The molecular weight excluding hydrogens is 1500 g/mol. The average molecular weight is 1590 g/mol. The number of nitro groups is 2. The van der Waals surface area contributed by atoms with E-state index >= 15 is 0 Å². The van der Waals surface area contributed by atoms with Crippen molar-refractivity contribution < 1.29 is 101 Å². The molecule has 0 aliphatic carbocycles. The van der Waals surface area contributed by atoms with E-state index in [1.54, 1.807) is 39.2 Å². The molecular formula is C65H87N15O24S4. The van der Waals surface area contributed by atoms with Gasteiger partial charge in [-0.15, -0.1) is 13.2 Å². The van der Waals surface area contributed by atoms with Crippen molar-refractivity contribution in [2.24, 2.45) is 18.3 Å². The zero-order valence-corrected chi connectivity index (χ0v) is 64.9. The van der Waals surface area contributed by atoms with E-state index in [0.717, 1.165) is 110 Å². The van der Waals surface area contributed by atoms with Crippen molar-refractivity contribution in [3.63, 3.8) is 0 Å². The number of likely N-dealkylation sites (tertiary alicyclic amines) is 1. The standard InChI is InChI=1S/C21H29N3O3S.2C15H20N4O8S.C14H18N4O5S/c1-2-3-11-23-19-14-17(16-24-12-7-8-13-24)15-20(28(22,25)26)21(19)27-18-9-5-4-6-10-18;2*1-9(14(20)26-4)17-13-11(19(22)23)6-10(15(21)27-5)7-12(13)28(24,25)16-8-18(2)3;1-8-13(19)17-10-5-9(14(20)23-4)6-11(12(10)16-8)24(21,22)15-7-18(2)3/h4-6,9-10,14-15,23H,2-3,7-8,11-13,16H2,1H3,(H2,22,25,26);2*6-9,17H,1-5H3;5-8,16H,1-4H3,(H,17,19)/t;2*9-;8-/m.100/s1. The highest BCUT2D eigenvalue weighted by molar-refractivity contribution is 7.91. The Morgan fingerprint density at radius 3 is 1.44 bits per heavy atom. The monoisotopic (exact) mass is 1590 g/mol. The summed E-state index contributed by atoms with van der Waals surface area (Å²) in [6.45, 7) is 9.85. The van der Waals surface area contributed by atoms with E-state index in [1.165, 1.54) is 88.8 Å². The summed E-state index contributed by atoms with van der Waals surface area (Å²) < 4.78 is 140. The molecule has 5 aromatic rings. The molecule has 1 amide bonds. The fourth-order valence-corrected chi connectivity index (χ4v) is 13.5. The van der Waals surface area contributed by atoms with Gasteiger partial charge in [-0.1, -0.05) is 31.5 Å². The van der Waals surface area contributed by atoms with Crippen molar-refractivity contribution in [1.29, 1.82) is 0 Å². The Morgan fingerprint density at radius 1 is 0.630 bits per heavy atom. The van der Waals surface area contributed by atoms with Crippen LogP contribution < -0.4 is 36.5 Å². The molecule has 0 unspecified atom stereocenters. The van der Waals surface area contributed by atoms with Gasteiger partial charge in [0.15, 0.2) is 5.75 Å². The topological polar surface area (TPSA) is 517 Å². The number of rotatable bonds is 29. The largest absolute Gasteiger partial charge is 0.467 e. The molecule has 1 fully saturated rings. The number of para-hydroxylation sites is 1. The first kappa shape index (κ1) is 89.2. The molecule has 0 aromatic heterocycles. The second-order valence-electron chi connectivity index (χ2n) is 23.9. The van der Waals surface area contributed by atoms with Gasteiger partial charge in [-0.3, -0.25) is 29.9 Å². The third-order valence-electron chi connectivity index (χ3n) is 14.7. The highest BCUT2D eigenvalue weighted by atomic mass is 32.2. The van der Waals surface area contributed by atoms with E-state index < -0.39 is 130 Å². The predicted octanol–water partition coefficient (Wildman–Crippen LogP) is 5.71. The van der Waals surface area contributed by atoms with Crippen LogP contribution in [0.5, 0.6) is 11.5 Å². The lowest BCUT2D eigenvalue weighted by atomic mass is 10.1. The second-order valence-corrected chi connectivity index (χ2v) is 30.3. The van der Waals surface area contributed by atoms with Crippen LogP contribution in [-0.2, 0) is 84.7 Å². The first-order valence-corrected chi connectivity index (χ1v) is 38.0. The minimum absolute atomic E-state index is 0.00784. The van der Waals surface area contributed by atoms with Crippen molar-refractivity contribution in [3.05, 3.63) is 121 Å². The van der Waals surface area contributed by atoms with Gasteiger partial charge in [-0.05, 0) is 107 Å². The van der Waals surface area contributed by atoms with Crippen LogP contribution in [0.15, 0.2) is 112 Å². The Morgan fingerprint density at radius 2 is 1.05 bits per heavy atom. The summed E-state index contributed by atoms with van der Waals surface area (Å²) in [6.07, 6.45) is 7.46. The first-order chi connectivity index (χ1) is 50.5. The number of hydrogen-bond acceptors (Lipinski definition) is 29. The molecule has 2 aliphatic heterocycles. The first-order valence-electron chi connectivity index (χ1n) is 32.1. The minimum atomic E-state index is -4.48. The molecule has 2 aliphatic rings. The van der Waals surface area contributed by atoms with Gasteiger partial charge >= 0.3 is 29.8 Å². The molecule has 43 heteroatoms. The number of methoxy groups -OCH3 is 5. The molecule has 0 bridgehead atoms. The van der Waals surface area contributed by atoms with Crippen LogP contribution in [0.1, 0.15) is 90.0 Å². The van der Waals surface area contributed by atoms with Gasteiger partial charge in [0.1, 0.15) is 73.8 Å². The highest BCUT2D eigenvalue weighted by Gasteiger charge is 2.35. The molecule has 39 nitrogen and oxygen atoms in total. The zero-order chi connectivity index (χ0) is 81.3. The Kier molecular flexibility index (Phi) is 33.0. The number of nitrogens with zero attached hydrogens (tertiary/aromatic N) is 9. The number of unbranched alkanes of at least 4 members (excludes halogenated alkanes) is 1. The Bertz CT molecular complexity index is 4540. The van der Waals surface area contributed by atoms with Crippen molar-refractivity contribution in [2.45, 2.75) is 97.6 Å². The summed E-state index contributed by atoms with van der Waals surface area (Å²) in [5.41, 5.74) is -1.32. The van der Waals surface area contributed by atoms with Gasteiger partial charge in [-0.2, -0.15) is 25.3 Å². The Labute approximate surface area is 624 Å². The Hall–Kier alpha value is -11.2. The number of nitrogens with two attached hydrogens (primary N) is 1. The summed E-state index contributed by atoms with van der Waals surface area (Å²) in [6, 6.07) is 15.9. The number of hydrogen-bond donors (Lipinski definition) is 6. The molecule has 2 heterocycles. The van der Waals surface area contributed by atoms with Gasteiger partial charge in [0.05, 0.1) is 79.1 Å². The van der Waals surface area contributed by atoms with Crippen LogP contribution in [0, 0.1) is 20.2 Å². The van der Waals surface area contributed by atoms with E-state index in [-0.39, 0.29) is 49.5 Å². The smallest absolute Gasteiger partial charge is 0.338 e. The van der Waals surface area contributed by atoms with Crippen molar-refractivity contribution in [1.82, 2.24) is 19.6 Å². The molecule has 1 saturated heterocycles. The van der Waals surface area contributed by atoms with Crippen LogP contribution in [0.25, 0.3) is 0 Å². The number of benzene rings is 5. The van der Waals surface area contributed by atoms with Crippen molar-refractivity contribution in [2.75, 3.05) is 124 Å². The number of ether oxygens (including phenoxy) is 6. The minimum Gasteiger partial charge on any atom is -0.467 e. The lowest BCUT2D eigenvalue weighted by Crippen LogP contribution is -2.37. The maximum absolute atomic E-state index is 12.7. The molecule has 7 rings (SSSR count). The number of anilines is 5. The van der Waals surface area contributed by atoms with Gasteiger partial charge in [0.25, 0.3) is 41.4 Å². The molecule has 0 radical (unpaired) electrons. The fraction of sp³-hybridized carbons (Fsp3) is 0.400. The number of nitro benzene ring substituents is 2. The number of primary sulfonamides is 1. The zero-order valence-electron chi connectivity index (χ0n) is 61.7. The number of esters is 5. The average Bonchev–Trinajstić information content (AvgIpc) is 0.824. The third-order valence-corrected chi connectivity index (χ3v) is 19.3. The molecule has 3 atom stereocenters. The maximum atomic E-state index is 12.7. The van der Waals surface area contributed by atoms with Gasteiger partial charge in [-0.25, -0.2) is 37.5 Å². The van der Waals surface area contributed by atoms with Crippen LogP contribution in [0.4, 0.5) is 39.8 Å². The molecule has 590 valence electrons. The van der Waals surface area contributed by atoms with E-state index in [4.69, 9.17) is 9.88 Å². The number of nitrogens with one attached hydrogen (secondary N) is 5. The third kappa shape index (κ3) is 25.5. The Balaban J connectivity index is 0.000000305. The fourth-order valence-electron chi connectivity index (χ4n) is 9.43.